The first-order chi connectivity index (χ1) is 21.1. The maximum Gasteiger partial charge on any atom is 0.338 e. The van der Waals surface area contributed by atoms with Gasteiger partial charge in [0.2, 0.25) is 0 Å². The maximum absolute atomic E-state index is 13.7. The van der Waals surface area contributed by atoms with Gasteiger partial charge in [0.05, 0.1) is 50.7 Å². The van der Waals surface area contributed by atoms with Gasteiger partial charge in [0, 0.05) is 46.1 Å². The molecule has 8 nitrogen and oxygen atoms in total. The van der Waals surface area contributed by atoms with Crippen molar-refractivity contribution in [3.8, 4) is 29.0 Å². The van der Waals surface area contributed by atoms with E-state index >= 15 is 0 Å². The Labute approximate surface area is 257 Å². The zero-order chi connectivity index (χ0) is 31.2. The minimum absolute atomic E-state index is 0.00320. The van der Waals surface area contributed by atoms with Gasteiger partial charge < -0.3 is 5.11 Å². The Hall–Kier alpha value is -4.97. The summed E-state index contributed by atoms with van der Waals surface area (Å²) in [6.07, 6.45) is 3.52. The molecular formula is C32H20ClF2N5O3S. The average Bonchev–Trinajstić information content (AvgIpc) is 3.44. The van der Waals surface area contributed by atoms with E-state index in [9.17, 15) is 28.7 Å². The topological polar surface area (TPSA) is 122 Å². The van der Waals surface area contributed by atoms with Gasteiger partial charge >= 0.3 is 5.97 Å². The van der Waals surface area contributed by atoms with Crippen LogP contribution < -0.4 is 5.56 Å². The second-order valence-electron chi connectivity index (χ2n) is 10.2. The van der Waals surface area contributed by atoms with Crippen molar-refractivity contribution in [1.82, 2.24) is 19.5 Å². The largest absolute Gasteiger partial charge is 0.478 e. The van der Waals surface area contributed by atoms with Gasteiger partial charge in [-0.3, -0.25) is 19.3 Å². The number of nitriles is 1. The predicted octanol–water partition coefficient (Wildman–Crippen LogP) is 6.85. The van der Waals surface area contributed by atoms with Crippen molar-refractivity contribution in [2.75, 3.05) is 0 Å². The summed E-state index contributed by atoms with van der Waals surface area (Å²) >= 11 is 7.59. The molecule has 1 aliphatic rings. The summed E-state index contributed by atoms with van der Waals surface area (Å²) in [5, 5.41) is 21.6. The Balaban J connectivity index is 1.41. The highest BCUT2D eigenvalue weighted by Gasteiger charge is 2.32. The van der Waals surface area contributed by atoms with Crippen LogP contribution in [0.3, 0.4) is 0 Å². The van der Waals surface area contributed by atoms with Crippen LogP contribution in [0.4, 0.5) is 8.78 Å². The van der Waals surface area contributed by atoms with Crippen molar-refractivity contribution in [1.29, 1.82) is 5.26 Å². The standard InChI is InChI=1S/C32H20ClF2N5O3S/c1-17-39-25-15-38-27(19-6-9-32(34,35)10-7-19)23(14-36)26(25)30(41)40(17)12-2-3-18-4-5-20(33)13-22(18)21-8-11-37-28-24(31(42)43)16-44-29(21)28/h4-6,8,11,13,15-16H,7,9-10,12H2,1H3,(H,42,43). The monoisotopic (exact) mass is 627 g/mol. The number of carbonyl (C=O) groups is 1. The highest BCUT2D eigenvalue weighted by Crippen LogP contribution is 2.38. The first-order valence-corrected chi connectivity index (χ1v) is 14.6. The fraction of sp³-hybridized carbons (Fsp3) is 0.188. The zero-order valence-electron chi connectivity index (χ0n) is 23.0. The molecule has 1 N–H and O–H groups in total. The lowest BCUT2D eigenvalue weighted by molar-refractivity contribution is -0.00606. The molecule has 5 aromatic rings. The van der Waals surface area contributed by atoms with Crippen molar-refractivity contribution in [3.63, 3.8) is 0 Å². The fourth-order valence-corrected chi connectivity index (χ4v) is 6.43. The number of nitrogens with zero attached hydrogens (tertiary/aromatic N) is 5. The van der Waals surface area contributed by atoms with Gasteiger partial charge in [-0.2, -0.15) is 5.26 Å². The molecule has 218 valence electrons. The van der Waals surface area contributed by atoms with E-state index in [2.05, 4.69) is 26.8 Å². The minimum Gasteiger partial charge on any atom is -0.478 e. The van der Waals surface area contributed by atoms with Crippen molar-refractivity contribution >= 4 is 55.6 Å². The summed E-state index contributed by atoms with van der Waals surface area (Å²) in [5.41, 5.74) is 2.91. The van der Waals surface area contributed by atoms with Crippen LogP contribution in [0.5, 0.6) is 0 Å². The summed E-state index contributed by atoms with van der Waals surface area (Å²) in [6, 6.07) is 8.97. The van der Waals surface area contributed by atoms with Crippen LogP contribution in [0.25, 0.3) is 37.8 Å². The third-order valence-electron chi connectivity index (χ3n) is 7.43. The number of alkyl halides is 2. The highest BCUT2D eigenvalue weighted by molar-refractivity contribution is 7.18. The average molecular weight is 628 g/mol. The van der Waals surface area contributed by atoms with E-state index in [1.165, 1.54) is 39.8 Å². The van der Waals surface area contributed by atoms with Crippen molar-refractivity contribution in [3.05, 3.63) is 91.7 Å². The smallest absolute Gasteiger partial charge is 0.338 e. The van der Waals surface area contributed by atoms with E-state index in [1.807, 2.05) is 6.07 Å². The van der Waals surface area contributed by atoms with Gasteiger partial charge in [-0.05, 0) is 43.2 Å². The molecule has 4 aromatic heterocycles. The van der Waals surface area contributed by atoms with Crippen LogP contribution in [0.15, 0.2) is 52.9 Å². The van der Waals surface area contributed by atoms with Gasteiger partial charge in [-0.15, -0.1) is 11.3 Å². The third kappa shape index (κ3) is 5.21. The number of aromatic carboxylic acids is 1. The number of rotatable bonds is 4. The number of carboxylic acids is 1. The molecule has 0 atom stereocenters. The lowest BCUT2D eigenvalue weighted by Gasteiger charge is -2.21. The molecular weight excluding hydrogens is 608 g/mol. The molecule has 0 aliphatic heterocycles. The molecule has 0 bridgehead atoms. The number of carboxylic acid groups (broad SMARTS) is 1. The van der Waals surface area contributed by atoms with Gasteiger partial charge in [0.25, 0.3) is 11.5 Å². The maximum atomic E-state index is 13.7. The normalized spacial score (nSPS) is 14.1. The molecule has 4 heterocycles. The number of allylic oxidation sites excluding steroid dienone is 2. The van der Waals surface area contributed by atoms with Crippen LogP contribution >= 0.6 is 22.9 Å². The van der Waals surface area contributed by atoms with E-state index in [-0.39, 0.29) is 47.1 Å². The molecule has 1 aliphatic carbocycles. The Kier molecular flexibility index (Phi) is 7.46. The SMILES string of the molecule is Cc1nc2cnc(C3=CCC(F)(F)CC3)c(C#N)c2c(=O)n1CC#Cc1ccc(Cl)cc1-c1ccnc2c(C(=O)O)csc12. The minimum atomic E-state index is -2.81. The molecule has 0 saturated carbocycles. The molecule has 6 rings (SSSR count). The Morgan fingerprint density at radius 3 is 2.80 bits per heavy atom. The van der Waals surface area contributed by atoms with E-state index in [0.29, 0.717) is 43.3 Å². The third-order valence-corrected chi connectivity index (χ3v) is 8.67. The summed E-state index contributed by atoms with van der Waals surface area (Å²) in [7, 11) is 0. The van der Waals surface area contributed by atoms with Crippen LogP contribution in [0, 0.1) is 30.1 Å². The number of pyridine rings is 2. The van der Waals surface area contributed by atoms with Crippen LogP contribution in [-0.2, 0) is 6.54 Å². The lowest BCUT2D eigenvalue weighted by atomic mass is 9.91. The van der Waals surface area contributed by atoms with Crippen LogP contribution in [0.1, 0.15) is 52.3 Å². The van der Waals surface area contributed by atoms with E-state index in [0.717, 1.165) is 0 Å². The quantitative estimate of drug-likeness (QED) is 0.216. The van der Waals surface area contributed by atoms with E-state index in [1.54, 1.807) is 31.2 Å². The van der Waals surface area contributed by atoms with Crippen molar-refractivity contribution in [2.24, 2.45) is 0 Å². The van der Waals surface area contributed by atoms with Gasteiger partial charge in [0.15, 0.2) is 0 Å². The molecule has 0 radical (unpaired) electrons. The molecule has 12 heteroatoms. The first kappa shape index (κ1) is 29.1. The summed E-state index contributed by atoms with van der Waals surface area (Å²) in [4.78, 5) is 38.4. The second-order valence-corrected chi connectivity index (χ2v) is 11.5. The Morgan fingerprint density at radius 1 is 1.25 bits per heavy atom. The number of hydrogen-bond donors (Lipinski definition) is 1. The van der Waals surface area contributed by atoms with E-state index < -0.39 is 23.9 Å². The Bertz CT molecular complexity index is 2220. The summed E-state index contributed by atoms with van der Waals surface area (Å²) in [5.74, 6) is 2.60. The van der Waals surface area contributed by atoms with Crippen molar-refractivity contribution in [2.45, 2.75) is 38.7 Å². The van der Waals surface area contributed by atoms with Crippen LogP contribution in [-0.4, -0.2) is 36.5 Å². The number of aromatic nitrogens is 4. The molecule has 0 saturated heterocycles. The predicted molar refractivity (Wildman–Crippen MR) is 164 cm³/mol. The number of fused-ring (bicyclic) bond motifs is 2. The molecule has 0 spiro atoms. The fourth-order valence-electron chi connectivity index (χ4n) is 5.23. The lowest BCUT2D eigenvalue weighted by Crippen LogP contribution is -2.25. The Morgan fingerprint density at radius 2 is 2.07 bits per heavy atom. The highest BCUT2D eigenvalue weighted by atomic mass is 35.5. The van der Waals surface area contributed by atoms with Gasteiger partial charge in [-0.1, -0.05) is 29.5 Å². The zero-order valence-corrected chi connectivity index (χ0v) is 24.6. The first-order valence-electron chi connectivity index (χ1n) is 13.3. The summed E-state index contributed by atoms with van der Waals surface area (Å²) in [6.45, 7) is 1.59. The molecule has 0 fully saturated rings. The number of benzene rings is 1. The molecule has 0 amide bonds. The number of thiophene rings is 1. The molecule has 0 unspecified atom stereocenters. The van der Waals surface area contributed by atoms with Gasteiger partial charge in [0.1, 0.15) is 11.9 Å². The molecule has 1 aromatic carbocycles. The van der Waals surface area contributed by atoms with Gasteiger partial charge in [-0.25, -0.2) is 18.6 Å². The molecule has 44 heavy (non-hydrogen) atoms. The van der Waals surface area contributed by atoms with E-state index in [4.69, 9.17) is 11.6 Å². The van der Waals surface area contributed by atoms with Crippen molar-refractivity contribution < 1.29 is 18.7 Å². The summed E-state index contributed by atoms with van der Waals surface area (Å²) < 4.78 is 29.5. The number of aryl methyl sites for hydroxylation is 1. The second kappa shape index (κ2) is 11.3. The number of hydrogen-bond acceptors (Lipinski definition) is 7. The number of halogens is 3. The van der Waals surface area contributed by atoms with Crippen LogP contribution in [0.2, 0.25) is 5.02 Å².